The molecule has 84 valence electrons. The van der Waals surface area contributed by atoms with Crippen LogP contribution in [0.5, 0.6) is 0 Å². The Hall–Kier alpha value is -1.75. The number of benzene rings is 1. The van der Waals surface area contributed by atoms with Crippen molar-refractivity contribution in [3.05, 3.63) is 34.9 Å². The number of ether oxygens (including phenoxy) is 1. The molecule has 0 N–H and O–H groups in total. The van der Waals surface area contributed by atoms with Crippen LogP contribution >= 0.6 is 0 Å². The fourth-order valence-corrected chi connectivity index (χ4v) is 1.38. The van der Waals surface area contributed by atoms with Crippen LogP contribution in [-0.2, 0) is 9.53 Å². The Labute approximate surface area is 96.6 Å². The Balaban J connectivity index is 2.66. The summed E-state index contributed by atoms with van der Waals surface area (Å²) in [6, 6.07) is 6.07. The van der Waals surface area contributed by atoms with E-state index in [0.717, 1.165) is 11.1 Å². The third-order valence-electron chi connectivity index (χ3n) is 2.14. The average Bonchev–Trinajstić information content (AvgIpc) is 2.22. The molecule has 1 rings (SSSR count). The summed E-state index contributed by atoms with van der Waals surface area (Å²) >= 11 is 0. The molecule has 0 unspecified atom stereocenters. The summed E-state index contributed by atoms with van der Waals surface area (Å²) in [7, 11) is 0. The van der Waals surface area contributed by atoms with Gasteiger partial charge in [0.25, 0.3) is 0 Å². The van der Waals surface area contributed by atoms with Crippen LogP contribution in [0.3, 0.4) is 0 Å². The van der Waals surface area contributed by atoms with Gasteiger partial charge in [-0.3, -0.25) is 4.79 Å². The van der Waals surface area contributed by atoms with Gasteiger partial charge in [-0.25, -0.2) is 0 Å². The first-order chi connectivity index (χ1) is 7.63. The van der Waals surface area contributed by atoms with E-state index in [1.807, 2.05) is 26.0 Å². The molecule has 2 heteroatoms. The van der Waals surface area contributed by atoms with E-state index in [4.69, 9.17) is 4.74 Å². The first kappa shape index (κ1) is 12.3. The fraction of sp³-hybridized carbons (Fsp3) is 0.357. The largest absolute Gasteiger partial charge is 0.465 e. The van der Waals surface area contributed by atoms with Crippen molar-refractivity contribution < 1.29 is 9.53 Å². The summed E-state index contributed by atoms with van der Waals surface area (Å²) in [6.45, 7) is 6.25. The molecule has 0 heterocycles. The van der Waals surface area contributed by atoms with Crippen LogP contribution in [-0.4, -0.2) is 12.6 Å². The lowest BCUT2D eigenvalue weighted by Gasteiger charge is -1.99. The minimum atomic E-state index is -0.264. The predicted molar refractivity (Wildman–Crippen MR) is 64.0 cm³/mol. The van der Waals surface area contributed by atoms with Crippen LogP contribution in [0.4, 0.5) is 0 Å². The summed E-state index contributed by atoms with van der Waals surface area (Å²) < 4.78 is 4.79. The summed E-state index contributed by atoms with van der Waals surface area (Å²) in [6.07, 6.45) is 0.154. The van der Waals surface area contributed by atoms with Gasteiger partial charge in [-0.2, -0.15) is 0 Å². The lowest BCUT2D eigenvalue weighted by molar-refractivity contribution is -0.141. The quantitative estimate of drug-likeness (QED) is 0.561. The van der Waals surface area contributed by atoms with E-state index in [0.29, 0.717) is 6.61 Å². The van der Waals surface area contributed by atoms with Gasteiger partial charge < -0.3 is 4.74 Å². The summed E-state index contributed by atoms with van der Waals surface area (Å²) in [5.41, 5.74) is 3.32. The van der Waals surface area contributed by atoms with Gasteiger partial charge in [-0.05, 0) is 32.4 Å². The number of carbonyl (C=O) groups is 1. The number of rotatable bonds is 2. The summed E-state index contributed by atoms with van der Waals surface area (Å²) in [5.74, 6) is 5.54. The van der Waals surface area contributed by atoms with Gasteiger partial charge in [0.05, 0.1) is 6.61 Å². The number of aryl methyl sites for hydroxylation is 2. The van der Waals surface area contributed by atoms with Crippen molar-refractivity contribution in [2.45, 2.75) is 27.2 Å². The van der Waals surface area contributed by atoms with Crippen molar-refractivity contribution in [3.63, 3.8) is 0 Å². The van der Waals surface area contributed by atoms with Crippen molar-refractivity contribution in [3.8, 4) is 11.8 Å². The normalized spacial score (nSPS) is 9.19. The van der Waals surface area contributed by atoms with Crippen molar-refractivity contribution in [1.29, 1.82) is 0 Å². The third kappa shape index (κ3) is 3.78. The lowest BCUT2D eigenvalue weighted by Crippen LogP contribution is -2.01. The van der Waals surface area contributed by atoms with Gasteiger partial charge in [-0.15, -0.1) is 0 Å². The fourth-order valence-electron chi connectivity index (χ4n) is 1.38. The molecule has 0 amide bonds. The van der Waals surface area contributed by atoms with Gasteiger partial charge in [0.15, 0.2) is 0 Å². The van der Waals surface area contributed by atoms with Crippen molar-refractivity contribution in [2.75, 3.05) is 6.61 Å². The molecule has 0 saturated carbocycles. The van der Waals surface area contributed by atoms with Crippen molar-refractivity contribution in [2.24, 2.45) is 0 Å². The van der Waals surface area contributed by atoms with Crippen LogP contribution in [0.25, 0.3) is 0 Å². The maximum atomic E-state index is 11.0. The second kappa shape index (κ2) is 5.97. The zero-order valence-corrected chi connectivity index (χ0v) is 9.96. The second-order valence-corrected chi connectivity index (χ2v) is 3.60. The highest BCUT2D eigenvalue weighted by molar-refractivity contribution is 5.72. The van der Waals surface area contributed by atoms with E-state index in [1.54, 1.807) is 6.92 Å². The number of hydrogen-bond acceptors (Lipinski definition) is 2. The van der Waals surface area contributed by atoms with Gasteiger partial charge >= 0.3 is 5.97 Å². The monoisotopic (exact) mass is 216 g/mol. The van der Waals surface area contributed by atoms with E-state index in [-0.39, 0.29) is 12.4 Å². The highest BCUT2D eigenvalue weighted by Crippen LogP contribution is 2.08. The Morgan fingerprint density at radius 3 is 2.75 bits per heavy atom. The number of carbonyl (C=O) groups excluding carboxylic acids is 1. The van der Waals surface area contributed by atoms with Crippen molar-refractivity contribution in [1.82, 2.24) is 0 Å². The van der Waals surface area contributed by atoms with Crippen LogP contribution < -0.4 is 0 Å². The molecular formula is C14H16O2. The Kier molecular flexibility index (Phi) is 4.60. The third-order valence-corrected chi connectivity index (χ3v) is 2.14. The van der Waals surface area contributed by atoms with E-state index < -0.39 is 0 Å². The topological polar surface area (TPSA) is 26.3 Å². The van der Waals surface area contributed by atoms with Gasteiger partial charge in [-0.1, -0.05) is 29.5 Å². The van der Waals surface area contributed by atoms with E-state index in [9.17, 15) is 4.79 Å². The smallest absolute Gasteiger partial charge is 0.317 e. The zero-order valence-electron chi connectivity index (χ0n) is 9.96. The first-order valence-electron chi connectivity index (χ1n) is 5.35. The SMILES string of the molecule is CCOC(=O)CC#Cc1ccc(C)cc1C. The highest BCUT2D eigenvalue weighted by atomic mass is 16.5. The molecule has 0 spiro atoms. The molecule has 0 radical (unpaired) electrons. The molecular weight excluding hydrogens is 200 g/mol. The standard InChI is InChI=1S/C14H16O2/c1-4-16-14(15)7-5-6-13-9-8-11(2)10-12(13)3/h8-10H,4,7H2,1-3H3. The molecule has 16 heavy (non-hydrogen) atoms. The second-order valence-electron chi connectivity index (χ2n) is 3.60. The molecule has 0 fully saturated rings. The highest BCUT2D eigenvalue weighted by Gasteiger charge is 1.97. The van der Waals surface area contributed by atoms with Crippen molar-refractivity contribution >= 4 is 5.97 Å². The molecule has 0 saturated heterocycles. The zero-order chi connectivity index (χ0) is 12.0. The maximum absolute atomic E-state index is 11.0. The Morgan fingerprint density at radius 1 is 1.38 bits per heavy atom. The van der Waals surface area contributed by atoms with Crippen LogP contribution in [0.2, 0.25) is 0 Å². The Bertz CT molecular complexity index is 436. The van der Waals surface area contributed by atoms with E-state index in [1.165, 1.54) is 5.56 Å². The summed E-state index contributed by atoms with van der Waals surface area (Å²) in [4.78, 5) is 11.0. The Morgan fingerprint density at radius 2 is 2.12 bits per heavy atom. The molecule has 0 bridgehead atoms. The molecule has 0 aliphatic carbocycles. The molecule has 0 aromatic heterocycles. The van der Waals surface area contributed by atoms with Gasteiger partial charge in [0.2, 0.25) is 0 Å². The molecule has 1 aromatic carbocycles. The van der Waals surface area contributed by atoms with Crippen LogP contribution in [0, 0.1) is 25.7 Å². The first-order valence-corrected chi connectivity index (χ1v) is 5.35. The number of hydrogen-bond donors (Lipinski definition) is 0. The summed E-state index contributed by atoms with van der Waals surface area (Å²) in [5, 5.41) is 0. The van der Waals surface area contributed by atoms with E-state index in [2.05, 4.69) is 17.9 Å². The molecule has 0 aliphatic rings. The molecule has 1 aromatic rings. The number of esters is 1. The maximum Gasteiger partial charge on any atom is 0.317 e. The average molecular weight is 216 g/mol. The van der Waals surface area contributed by atoms with Crippen LogP contribution in [0.15, 0.2) is 18.2 Å². The minimum Gasteiger partial charge on any atom is -0.465 e. The molecule has 0 atom stereocenters. The predicted octanol–water partition coefficient (Wildman–Crippen LogP) is 2.61. The van der Waals surface area contributed by atoms with E-state index >= 15 is 0 Å². The van der Waals surface area contributed by atoms with Gasteiger partial charge in [0.1, 0.15) is 6.42 Å². The lowest BCUT2D eigenvalue weighted by atomic mass is 10.1. The van der Waals surface area contributed by atoms with Gasteiger partial charge in [0, 0.05) is 5.56 Å². The molecule has 0 aliphatic heterocycles. The van der Waals surface area contributed by atoms with Crippen LogP contribution in [0.1, 0.15) is 30.0 Å². The minimum absolute atomic E-state index is 0.154. The molecule has 2 nitrogen and oxygen atoms in total.